The molecule has 2 unspecified atom stereocenters. The minimum Gasteiger partial charge on any atom is -0.492 e. The number of nitrogens with zero attached hydrogens (tertiary/aromatic N) is 1. The number of nitrogens with one attached hydrogen (secondary N) is 3. The Labute approximate surface area is 269 Å². The van der Waals surface area contributed by atoms with Crippen LogP contribution in [0.4, 0.5) is 0 Å². The minimum atomic E-state index is -0.888. The zero-order valence-corrected chi connectivity index (χ0v) is 26.1. The molecule has 2 amide bonds. The normalized spacial score (nSPS) is 17.9. The highest BCUT2D eigenvalue weighted by Crippen LogP contribution is 2.37. The summed E-state index contributed by atoms with van der Waals surface area (Å²) in [6.07, 6.45) is 11.9. The number of carbonyl (C=O) groups excluding carboxylic acids is 2. The van der Waals surface area contributed by atoms with E-state index in [0.29, 0.717) is 28.9 Å². The topological polar surface area (TPSA) is 122 Å². The maximum absolute atomic E-state index is 13.5. The number of aromatic amines is 1. The van der Waals surface area contributed by atoms with Gasteiger partial charge in [0.1, 0.15) is 11.8 Å². The van der Waals surface area contributed by atoms with Crippen molar-refractivity contribution in [2.24, 2.45) is 5.73 Å². The third-order valence-corrected chi connectivity index (χ3v) is 9.37. The minimum absolute atomic E-state index is 0.0277. The molecule has 1 aliphatic heterocycles. The fourth-order valence-electron chi connectivity index (χ4n) is 6.65. The van der Waals surface area contributed by atoms with E-state index in [4.69, 9.17) is 22.1 Å². The number of rotatable bonds is 11. The lowest BCUT2D eigenvalue weighted by atomic mass is 9.83. The predicted octanol–water partition coefficient (Wildman–Crippen LogP) is 6.33. The van der Waals surface area contributed by atoms with Crippen LogP contribution in [0.25, 0.3) is 0 Å². The first-order valence-electron chi connectivity index (χ1n) is 15.9. The molecule has 4 aromatic rings. The standard InChI is InChI=1S/C36H40ClN5O3/c37-27-15-11-24(12-16-27)20-32(35(38)43)42-36(44)29-8-4-7-28-30(17-18-45-34(28)29)41-31(33-21-39-22-40-33)19-23-9-13-26(14-10-23)25-5-2-1-3-6-25/h4,7-16,21-22,25,30-32,41H,1-3,5-6,17-20H2,(H2,38,43)(H,39,40)(H,42,44)/t30?,31?,32-/m0/s1. The summed E-state index contributed by atoms with van der Waals surface area (Å²) in [5, 5.41) is 7.25. The van der Waals surface area contributed by atoms with Crippen LogP contribution in [0.1, 0.15) is 94.8 Å². The van der Waals surface area contributed by atoms with E-state index in [1.54, 1.807) is 24.5 Å². The van der Waals surface area contributed by atoms with Crippen LogP contribution in [0.5, 0.6) is 5.75 Å². The van der Waals surface area contributed by atoms with Crippen molar-refractivity contribution in [3.05, 3.63) is 118 Å². The van der Waals surface area contributed by atoms with Crippen LogP contribution in [-0.2, 0) is 17.6 Å². The quantitative estimate of drug-likeness (QED) is 0.155. The summed E-state index contributed by atoms with van der Waals surface area (Å²) >= 11 is 6.00. The number of fused-ring (bicyclic) bond motifs is 1. The monoisotopic (exact) mass is 625 g/mol. The second-order valence-corrected chi connectivity index (χ2v) is 12.6. The zero-order chi connectivity index (χ0) is 31.2. The van der Waals surface area contributed by atoms with E-state index in [1.807, 2.05) is 30.5 Å². The second kappa shape index (κ2) is 14.3. The van der Waals surface area contributed by atoms with Gasteiger partial charge in [-0.2, -0.15) is 0 Å². The van der Waals surface area contributed by atoms with Crippen molar-refractivity contribution in [3.63, 3.8) is 0 Å². The summed E-state index contributed by atoms with van der Waals surface area (Å²) in [6, 6.07) is 20.8. The number of hydrogen-bond acceptors (Lipinski definition) is 5. The van der Waals surface area contributed by atoms with Gasteiger partial charge in [-0.1, -0.05) is 79.4 Å². The van der Waals surface area contributed by atoms with Gasteiger partial charge < -0.3 is 26.1 Å². The second-order valence-electron chi connectivity index (χ2n) is 12.2. The molecule has 0 saturated heterocycles. The average molecular weight is 626 g/mol. The summed E-state index contributed by atoms with van der Waals surface area (Å²) in [4.78, 5) is 33.4. The Bertz CT molecular complexity index is 1580. The highest BCUT2D eigenvalue weighted by Gasteiger charge is 2.30. The molecular formula is C36H40ClN5O3. The van der Waals surface area contributed by atoms with Crippen molar-refractivity contribution in [2.75, 3.05) is 6.61 Å². The lowest BCUT2D eigenvalue weighted by Crippen LogP contribution is -2.46. The number of halogens is 1. The molecule has 9 heteroatoms. The maximum atomic E-state index is 13.5. The van der Waals surface area contributed by atoms with Gasteiger partial charge in [-0.3, -0.25) is 9.59 Å². The van der Waals surface area contributed by atoms with Crippen LogP contribution in [0.2, 0.25) is 5.02 Å². The van der Waals surface area contributed by atoms with Crippen molar-refractivity contribution in [1.29, 1.82) is 0 Å². The Kier molecular flexibility index (Phi) is 9.81. The molecule has 1 aliphatic carbocycles. The first-order valence-corrected chi connectivity index (χ1v) is 16.3. The number of hydrogen-bond donors (Lipinski definition) is 4. The van der Waals surface area contributed by atoms with Crippen LogP contribution in [0.15, 0.2) is 79.3 Å². The van der Waals surface area contributed by atoms with Crippen LogP contribution >= 0.6 is 11.6 Å². The zero-order valence-electron chi connectivity index (χ0n) is 25.3. The molecular weight excluding hydrogens is 586 g/mol. The Morgan fingerprint density at radius 3 is 2.40 bits per heavy atom. The molecule has 2 aliphatic rings. The van der Waals surface area contributed by atoms with Crippen molar-refractivity contribution >= 4 is 23.4 Å². The largest absolute Gasteiger partial charge is 0.492 e. The Morgan fingerprint density at radius 1 is 0.956 bits per heavy atom. The third kappa shape index (κ3) is 7.57. The first-order chi connectivity index (χ1) is 21.9. The van der Waals surface area contributed by atoms with E-state index in [1.165, 1.54) is 43.2 Å². The molecule has 1 saturated carbocycles. The number of imidazole rings is 1. The summed E-state index contributed by atoms with van der Waals surface area (Å²) in [6.45, 7) is 0.449. The average Bonchev–Trinajstić information content (AvgIpc) is 3.61. The Hall–Kier alpha value is -4.14. The van der Waals surface area contributed by atoms with E-state index in [9.17, 15) is 9.59 Å². The van der Waals surface area contributed by atoms with E-state index in [2.05, 4.69) is 44.9 Å². The highest BCUT2D eigenvalue weighted by atomic mass is 35.5. The SMILES string of the molecule is NC(=O)[C@H](Cc1ccc(Cl)cc1)NC(=O)c1cccc2c1OCCC2NC(Cc1ccc(C2CCCCC2)cc1)c1cnc[nH]1. The lowest BCUT2D eigenvalue weighted by Gasteiger charge is -2.31. The van der Waals surface area contributed by atoms with Gasteiger partial charge in [0.15, 0.2) is 0 Å². The summed E-state index contributed by atoms with van der Waals surface area (Å²) in [5.74, 6) is 0.176. The van der Waals surface area contributed by atoms with Gasteiger partial charge in [-0.15, -0.1) is 0 Å². The molecule has 6 rings (SSSR count). The molecule has 1 aromatic heterocycles. The van der Waals surface area contributed by atoms with Crippen LogP contribution < -0.4 is 21.1 Å². The van der Waals surface area contributed by atoms with Crippen LogP contribution in [0.3, 0.4) is 0 Å². The Balaban J connectivity index is 1.18. The van der Waals surface area contributed by atoms with Gasteiger partial charge in [0.2, 0.25) is 5.91 Å². The molecule has 0 radical (unpaired) electrons. The third-order valence-electron chi connectivity index (χ3n) is 9.11. The number of para-hydroxylation sites is 1. The van der Waals surface area contributed by atoms with Gasteiger partial charge in [-0.05, 0) is 60.1 Å². The lowest BCUT2D eigenvalue weighted by molar-refractivity contribution is -0.119. The number of ether oxygens (including phenoxy) is 1. The van der Waals surface area contributed by atoms with Gasteiger partial charge in [0.05, 0.1) is 30.2 Å². The molecule has 234 valence electrons. The molecule has 8 nitrogen and oxygen atoms in total. The van der Waals surface area contributed by atoms with E-state index >= 15 is 0 Å². The molecule has 2 heterocycles. The van der Waals surface area contributed by atoms with Gasteiger partial charge in [0.25, 0.3) is 5.91 Å². The van der Waals surface area contributed by atoms with E-state index < -0.39 is 17.9 Å². The Morgan fingerprint density at radius 2 is 1.69 bits per heavy atom. The first kappa shape index (κ1) is 30.9. The predicted molar refractivity (Wildman–Crippen MR) is 175 cm³/mol. The molecule has 3 atom stereocenters. The van der Waals surface area contributed by atoms with Crippen molar-refractivity contribution < 1.29 is 14.3 Å². The number of aromatic nitrogens is 2. The van der Waals surface area contributed by atoms with Crippen molar-refractivity contribution in [1.82, 2.24) is 20.6 Å². The number of H-pyrrole nitrogens is 1. The summed E-state index contributed by atoms with van der Waals surface area (Å²) < 4.78 is 6.09. The number of amides is 2. The van der Waals surface area contributed by atoms with Crippen molar-refractivity contribution in [3.8, 4) is 5.75 Å². The van der Waals surface area contributed by atoms with Crippen LogP contribution in [0, 0.1) is 0 Å². The molecule has 3 aromatic carbocycles. The molecule has 45 heavy (non-hydrogen) atoms. The molecule has 1 fully saturated rings. The van der Waals surface area contributed by atoms with Gasteiger partial charge >= 0.3 is 0 Å². The van der Waals surface area contributed by atoms with Gasteiger partial charge in [-0.25, -0.2) is 4.98 Å². The maximum Gasteiger partial charge on any atom is 0.255 e. The number of nitrogens with two attached hydrogens (primary N) is 1. The van der Waals surface area contributed by atoms with Crippen LogP contribution in [-0.4, -0.2) is 34.4 Å². The molecule has 5 N–H and O–H groups in total. The number of benzene rings is 3. The summed E-state index contributed by atoms with van der Waals surface area (Å²) in [5.41, 5.74) is 11.5. The smallest absolute Gasteiger partial charge is 0.255 e. The van der Waals surface area contributed by atoms with Gasteiger partial charge in [0, 0.05) is 35.7 Å². The highest BCUT2D eigenvalue weighted by molar-refractivity contribution is 6.30. The summed E-state index contributed by atoms with van der Waals surface area (Å²) in [7, 11) is 0. The van der Waals surface area contributed by atoms with E-state index in [-0.39, 0.29) is 18.5 Å². The van der Waals surface area contributed by atoms with E-state index in [0.717, 1.165) is 29.7 Å². The number of carbonyl (C=O) groups is 2. The fraction of sp³-hybridized carbons (Fsp3) is 0.361. The fourth-order valence-corrected chi connectivity index (χ4v) is 6.77. The number of primary amides is 1. The molecule has 0 bridgehead atoms. The molecule has 0 spiro atoms. The van der Waals surface area contributed by atoms with Crippen molar-refractivity contribution in [2.45, 2.75) is 75.4 Å².